The lowest BCUT2D eigenvalue weighted by Crippen LogP contribution is -2.29. The van der Waals surface area contributed by atoms with Gasteiger partial charge in [0.25, 0.3) is 5.56 Å². The van der Waals surface area contributed by atoms with Gasteiger partial charge in [0, 0.05) is 30.1 Å². The van der Waals surface area contributed by atoms with E-state index in [9.17, 15) is 22.8 Å². The Bertz CT molecular complexity index is 859. The summed E-state index contributed by atoms with van der Waals surface area (Å²) in [6, 6.07) is 5.07. The number of anilines is 1. The zero-order valence-electron chi connectivity index (χ0n) is 13.7. The maximum absolute atomic E-state index is 12.8. The second-order valence-corrected chi connectivity index (χ2v) is 5.56. The van der Waals surface area contributed by atoms with Gasteiger partial charge in [-0.15, -0.1) is 0 Å². The average Bonchev–Trinajstić information content (AvgIpc) is 2.57. The molecule has 0 fully saturated rings. The van der Waals surface area contributed by atoms with Crippen molar-refractivity contribution in [1.29, 1.82) is 0 Å². The van der Waals surface area contributed by atoms with Gasteiger partial charge in [-0.05, 0) is 6.07 Å². The van der Waals surface area contributed by atoms with E-state index < -0.39 is 34.8 Å². The lowest BCUT2D eigenvalue weighted by atomic mass is 10.2. The first-order chi connectivity index (χ1) is 12.1. The molecule has 0 saturated heterocycles. The summed E-state index contributed by atoms with van der Waals surface area (Å²) < 4.78 is 49.2. The summed E-state index contributed by atoms with van der Waals surface area (Å²) in [5.74, 6) is 0.0793. The summed E-state index contributed by atoms with van der Waals surface area (Å²) in [6.45, 7) is -0.651. The molecule has 10 heteroatoms. The predicted octanol–water partition coefficient (Wildman–Crippen LogP) is 3.18. The Balaban J connectivity index is 2.26. The van der Waals surface area contributed by atoms with E-state index in [1.165, 1.54) is 26.4 Å². The van der Waals surface area contributed by atoms with Crippen molar-refractivity contribution >= 4 is 23.2 Å². The Morgan fingerprint density at radius 2 is 1.73 bits per heavy atom. The van der Waals surface area contributed by atoms with Gasteiger partial charge in [0.1, 0.15) is 23.1 Å². The molecule has 2 aromatic rings. The van der Waals surface area contributed by atoms with Crippen molar-refractivity contribution in [3.63, 3.8) is 0 Å². The SMILES string of the molecule is COc1cc(NC(=O)Cn2cc(C(F)(F)F)cc(Cl)c2=O)cc(OC)c1. The molecule has 0 radical (unpaired) electrons. The fourth-order valence-corrected chi connectivity index (χ4v) is 2.33. The van der Waals surface area contributed by atoms with Gasteiger partial charge >= 0.3 is 6.18 Å². The van der Waals surface area contributed by atoms with Crippen LogP contribution in [0.15, 0.2) is 35.3 Å². The van der Waals surface area contributed by atoms with Crippen molar-refractivity contribution in [3.8, 4) is 11.5 Å². The van der Waals surface area contributed by atoms with Crippen LogP contribution < -0.4 is 20.3 Å². The molecular weight excluding hydrogens is 377 g/mol. The Hall–Kier alpha value is -2.68. The van der Waals surface area contributed by atoms with Crippen LogP contribution in [0.5, 0.6) is 11.5 Å². The maximum Gasteiger partial charge on any atom is 0.417 e. The van der Waals surface area contributed by atoms with Crippen LogP contribution in [0.3, 0.4) is 0 Å². The number of nitrogens with one attached hydrogen (secondary N) is 1. The first-order valence-electron chi connectivity index (χ1n) is 7.14. The van der Waals surface area contributed by atoms with Gasteiger partial charge in [0.05, 0.1) is 19.8 Å². The fraction of sp³-hybridized carbons (Fsp3) is 0.250. The Labute approximate surface area is 151 Å². The third kappa shape index (κ3) is 4.69. The van der Waals surface area contributed by atoms with Crippen LogP contribution >= 0.6 is 11.6 Å². The number of nitrogens with zero attached hydrogens (tertiary/aromatic N) is 1. The normalized spacial score (nSPS) is 11.2. The number of halogens is 4. The van der Waals surface area contributed by atoms with E-state index in [1.54, 1.807) is 6.07 Å². The molecule has 1 N–H and O–H groups in total. The first-order valence-corrected chi connectivity index (χ1v) is 7.52. The highest BCUT2D eigenvalue weighted by Gasteiger charge is 2.32. The minimum atomic E-state index is -4.70. The van der Waals surface area contributed by atoms with Crippen LogP contribution in [0.25, 0.3) is 0 Å². The number of benzene rings is 1. The van der Waals surface area contributed by atoms with E-state index in [0.29, 0.717) is 28.3 Å². The van der Waals surface area contributed by atoms with Gasteiger partial charge < -0.3 is 19.4 Å². The van der Waals surface area contributed by atoms with Crippen LogP contribution in [0.1, 0.15) is 5.56 Å². The van der Waals surface area contributed by atoms with Gasteiger partial charge in [0.2, 0.25) is 5.91 Å². The van der Waals surface area contributed by atoms with E-state index >= 15 is 0 Å². The number of hydrogen-bond donors (Lipinski definition) is 1. The van der Waals surface area contributed by atoms with E-state index in [1.807, 2.05) is 0 Å². The van der Waals surface area contributed by atoms with E-state index in [0.717, 1.165) is 0 Å². The molecule has 0 unspecified atom stereocenters. The van der Waals surface area contributed by atoms with Crippen LogP contribution in [0.2, 0.25) is 5.02 Å². The van der Waals surface area contributed by atoms with Gasteiger partial charge in [-0.2, -0.15) is 13.2 Å². The van der Waals surface area contributed by atoms with Crippen LogP contribution in [-0.4, -0.2) is 24.7 Å². The fourth-order valence-electron chi connectivity index (χ4n) is 2.11. The molecule has 1 heterocycles. The Morgan fingerprint density at radius 3 is 2.23 bits per heavy atom. The molecule has 0 atom stereocenters. The number of carbonyl (C=O) groups is 1. The van der Waals surface area contributed by atoms with E-state index in [-0.39, 0.29) is 5.69 Å². The highest BCUT2D eigenvalue weighted by molar-refractivity contribution is 6.30. The summed E-state index contributed by atoms with van der Waals surface area (Å²) in [4.78, 5) is 24.0. The summed E-state index contributed by atoms with van der Waals surface area (Å²) in [7, 11) is 2.84. The standard InChI is InChI=1S/C16H14ClF3N2O4/c1-25-11-4-10(5-12(6-11)26-2)21-14(23)8-22-7-9(16(18,19)20)3-13(17)15(22)24/h3-7H,8H2,1-2H3,(H,21,23). The molecular formula is C16H14ClF3N2O4. The number of amides is 1. The smallest absolute Gasteiger partial charge is 0.417 e. The topological polar surface area (TPSA) is 69.6 Å². The molecule has 0 aliphatic carbocycles. The van der Waals surface area contributed by atoms with E-state index in [2.05, 4.69) is 5.32 Å². The van der Waals surface area contributed by atoms with Crippen LogP contribution in [-0.2, 0) is 17.5 Å². The molecule has 140 valence electrons. The quantitative estimate of drug-likeness (QED) is 0.851. The van der Waals surface area contributed by atoms with Crippen molar-refractivity contribution in [1.82, 2.24) is 4.57 Å². The van der Waals surface area contributed by atoms with Crippen LogP contribution in [0, 0.1) is 0 Å². The maximum atomic E-state index is 12.8. The van der Waals surface area contributed by atoms with Gasteiger partial charge in [-0.25, -0.2) is 0 Å². The number of rotatable bonds is 5. The summed E-state index contributed by atoms with van der Waals surface area (Å²) in [5, 5.41) is 1.83. The van der Waals surface area contributed by atoms with E-state index in [4.69, 9.17) is 21.1 Å². The number of aromatic nitrogens is 1. The van der Waals surface area contributed by atoms with Crippen molar-refractivity contribution in [2.45, 2.75) is 12.7 Å². The summed E-state index contributed by atoms with van der Waals surface area (Å²) >= 11 is 5.55. The molecule has 1 aromatic carbocycles. The third-order valence-electron chi connectivity index (χ3n) is 3.32. The molecule has 2 rings (SSSR count). The number of pyridine rings is 1. The number of hydrogen-bond acceptors (Lipinski definition) is 4. The molecule has 6 nitrogen and oxygen atoms in total. The van der Waals surface area contributed by atoms with Crippen molar-refractivity contribution in [2.75, 3.05) is 19.5 Å². The highest BCUT2D eigenvalue weighted by atomic mass is 35.5. The highest BCUT2D eigenvalue weighted by Crippen LogP contribution is 2.29. The predicted molar refractivity (Wildman–Crippen MR) is 88.9 cm³/mol. The number of ether oxygens (including phenoxy) is 2. The van der Waals surface area contributed by atoms with Crippen molar-refractivity contribution < 1.29 is 27.4 Å². The monoisotopic (exact) mass is 390 g/mol. The lowest BCUT2D eigenvalue weighted by Gasteiger charge is -2.13. The molecule has 0 saturated carbocycles. The molecule has 0 spiro atoms. The second kappa shape index (κ2) is 7.69. The van der Waals surface area contributed by atoms with Crippen LogP contribution in [0.4, 0.5) is 18.9 Å². The Kier molecular flexibility index (Phi) is 5.81. The first kappa shape index (κ1) is 19.6. The average molecular weight is 391 g/mol. The molecule has 1 aromatic heterocycles. The van der Waals surface area contributed by atoms with Gasteiger partial charge in [-0.1, -0.05) is 11.6 Å². The zero-order valence-corrected chi connectivity index (χ0v) is 14.4. The third-order valence-corrected chi connectivity index (χ3v) is 3.59. The molecule has 0 bridgehead atoms. The summed E-state index contributed by atoms with van der Waals surface area (Å²) in [5.41, 5.74) is -1.74. The zero-order chi connectivity index (χ0) is 19.5. The number of methoxy groups -OCH3 is 2. The molecule has 1 amide bonds. The minimum absolute atomic E-state index is 0.289. The van der Waals surface area contributed by atoms with Gasteiger partial charge in [-0.3, -0.25) is 9.59 Å². The summed E-state index contributed by atoms with van der Waals surface area (Å²) in [6.07, 6.45) is -4.16. The van der Waals surface area contributed by atoms with Crippen molar-refractivity contribution in [3.05, 3.63) is 51.4 Å². The molecule has 26 heavy (non-hydrogen) atoms. The molecule has 0 aliphatic heterocycles. The largest absolute Gasteiger partial charge is 0.497 e. The number of carbonyl (C=O) groups excluding carboxylic acids is 1. The number of alkyl halides is 3. The van der Waals surface area contributed by atoms with Crippen molar-refractivity contribution in [2.24, 2.45) is 0 Å². The second-order valence-electron chi connectivity index (χ2n) is 5.16. The lowest BCUT2D eigenvalue weighted by molar-refractivity contribution is -0.138. The Morgan fingerprint density at radius 1 is 1.15 bits per heavy atom. The molecule has 0 aliphatic rings. The minimum Gasteiger partial charge on any atom is -0.497 e. The van der Waals surface area contributed by atoms with Gasteiger partial charge in [0.15, 0.2) is 0 Å².